The molecule has 0 saturated carbocycles. The first-order valence-corrected chi connectivity index (χ1v) is 7.92. The van der Waals surface area contributed by atoms with E-state index in [2.05, 4.69) is 13.8 Å². The van der Waals surface area contributed by atoms with Gasteiger partial charge in [0.05, 0.1) is 18.8 Å². The summed E-state index contributed by atoms with van der Waals surface area (Å²) < 4.78 is 11.4. The third kappa shape index (κ3) is 6.19. The van der Waals surface area contributed by atoms with Gasteiger partial charge in [0.15, 0.2) is 0 Å². The second-order valence-corrected chi connectivity index (χ2v) is 5.85. The zero-order valence-electron chi connectivity index (χ0n) is 12.6. The molecule has 1 fully saturated rings. The lowest BCUT2D eigenvalue weighted by atomic mass is 9.94. The normalized spacial score (nSPS) is 28.5. The van der Waals surface area contributed by atoms with E-state index in [0.29, 0.717) is 18.1 Å². The molecule has 0 radical (unpaired) electrons. The van der Waals surface area contributed by atoms with Crippen molar-refractivity contribution in [1.29, 1.82) is 0 Å². The topological polar surface area (TPSA) is 18.5 Å². The molecule has 18 heavy (non-hydrogen) atoms. The summed E-state index contributed by atoms with van der Waals surface area (Å²) in [5, 5.41) is 0. The van der Waals surface area contributed by atoms with Crippen LogP contribution in [0.4, 0.5) is 0 Å². The molecule has 0 aromatic heterocycles. The van der Waals surface area contributed by atoms with Crippen LogP contribution in [0.25, 0.3) is 0 Å². The summed E-state index contributed by atoms with van der Waals surface area (Å²) in [5.41, 5.74) is 0. The number of hydrogen-bond acceptors (Lipinski definition) is 2. The molecule has 0 bridgehead atoms. The van der Waals surface area contributed by atoms with Crippen molar-refractivity contribution in [2.75, 3.05) is 13.7 Å². The highest BCUT2D eigenvalue weighted by Crippen LogP contribution is 2.25. The zero-order chi connectivity index (χ0) is 13.2. The molecule has 1 saturated heterocycles. The molecule has 1 heterocycles. The summed E-state index contributed by atoms with van der Waals surface area (Å²) in [6.07, 6.45) is 12.8. The lowest BCUT2D eigenvalue weighted by Gasteiger charge is -2.33. The minimum Gasteiger partial charge on any atom is -0.381 e. The number of rotatable bonds is 9. The van der Waals surface area contributed by atoms with Crippen LogP contribution in [0.5, 0.6) is 0 Å². The van der Waals surface area contributed by atoms with Gasteiger partial charge in [0.1, 0.15) is 0 Å². The molecular weight excluding hydrogens is 224 g/mol. The average Bonchev–Trinajstić information content (AvgIpc) is 2.39. The van der Waals surface area contributed by atoms with Gasteiger partial charge in [-0.25, -0.2) is 0 Å². The second-order valence-electron chi connectivity index (χ2n) is 5.85. The molecule has 1 aliphatic rings. The maximum atomic E-state index is 5.89. The summed E-state index contributed by atoms with van der Waals surface area (Å²) in [4.78, 5) is 0. The fraction of sp³-hybridized carbons (Fsp3) is 1.00. The van der Waals surface area contributed by atoms with E-state index < -0.39 is 0 Å². The highest BCUT2D eigenvalue weighted by atomic mass is 16.5. The Bertz CT molecular complexity index is 194. The van der Waals surface area contributed by atoms with Crippen LogP contribution >= 0.6 is 0 Å². The van der Waals surface area contributed by atoms with Crippen LogP contribution in [-0.4, -0.2) is 25.9 Å². The molecule has 1 rings (SSSR count). The Morgan fingerprint density at radius 1 is 1.06 bits per heavy atom. The largest absolute Gasteiger partial charge is 0.381 e. The summed E-state index contributed by atoms with van der Waals surface area (Å²) in [7, 11) is 1.83. The lowest BCUT2D eigenvalue weighted by molar-refractivity contribution is -0.0943. The Balaban J connectivity index is 1.99. The Hall–Kier alpha value is -0.0800. The Labute approximate surface area is 113 Å². The van der Waals surface area contributed by atoms with Gasteiger partial charge in [-0.3, -0.25) is 0 Å². The predicted molar refractivity (Wildman–Crippen MR) is 76.9 cm³/mol. The quantitative estimate of drug-likeness (QED) is 0.563. The third-order valence-electron chi connectivity index (χ3n) is 4.16. The van der Waals surface area contributed by atoms with E-state index in [1.807, 2.05) is 7.11 Å². The van der Waals surface area contributed by atoms with Crippen LogP contribution in [0, 0.1) is 5.92 Å². The van der Waals surface area contributed by atoms with Crippen LogP contribution in [0.3, 0.4) is 0 Å². The lowest BCUT2D eigenvalue weighted by Crippen LogP contribution is -2.36. The molecule has 0 spiro atoms. The van der Waals surface area contributed by atoms with E-state index in [1.165, 1.54) is 51.4 Å². The molecule has 108 valence electrons. The van der Waals surface area contributed by atoms with Gasteiger partial charge in [0, 0.05) is 19.4 Å². The van der Waals surface area contributed by atoms with Crippen LogP contribution in [0.1, 0.15) is 71.6 Å². The van der Waals surface area contributed by atoms with Gasteiger partial charge in [0.2, 0.25) is 0 Å². The molecule has 3 atom stereocenters. The molecule has 0 aromatic carbocycles. The Morgan fingerprint density at radius 3 is 2.39 bits per heavy atom. The van der Waals surface area contributed by atoms with Crippen LogP contribution < -0.4 is 0 Å². The van der Waals surface area contributed by atoms with Crippen molar-refractivity contribution in [3.05, 3.63) is 0 Å². The first-order valence-electron chi connectivity index (χ1n) is 7.92. The number of unbranched alkanes of at least 4 members (excludes halogenated alkanes) is 6. The van der Waals surface area contributed by atoms with E-state index in [9.17, 15) is 0 Å². The van der Waals surface area contributed by atoms with E-state index in [0.717, 1.165) is 13.0 Å². The van der Waals surface area contributed by atoms with Gasteiger partial charge >= 0.3 is 0 Å². The predicted octanol–water partition coefficient (Wildman–Crippen LogP) is 4.57. The summed E-state index contributed by atoms with van der Waals surface area (Å²) in [6, 6.07) is 0. The molecule has 0 aliphatic carbocycles. The van der Waals surface area contributed by atoms with Gasteiger partial charge in [-0.1, -0.05) is 58.8 Å². The van der Waals surface area contributed by atoms with Crippen LogP contribution in [0.15, 0.2) is 0 Å². The zero-order valence-corrected chi connectivity index (χ0v) is 12.6. The maximum absolute atomic E-state index is 5.89. The van der Waals surface area contributed by atoms with Crippen molar-refractivity contribution in [2.24, 2.45) is 5.92 Å². The molecule has 0 amide bonds. The monoisotopic (exact) mass is 256 g/mol. The van der Waals surface area contributed by atoms with Gasteiger partial charge in [0.25, 0.3) is 0 Å². The third-order valence-corrected chi connectivity index (χ3v) is 4.16. The summed E-state index contributed by atoms with van der Waals surface area (Å²) in [5.74, 6) is 0.556. The summed E-state index contributed by atoms with van der Waals surface area (Å²) in [6.45, 7) is 5.37. The van der Waals surface area contributed by atoms with E-state index in [1.54, 1.807) is 0 Å². The first-order chi connectivity index (χ1) is 8.77. The van der Waals surface area contributed by atoms with Gasteiger partial charge in [-0.05, 0) is 6.42 Å². The maximum Gasteiger partial charge on any atom is 0.0643 e. The minimum atomic E-state index is 0.410. The molecular formula is C16H32O2. The minimum absolute atomic E-state index is 0.410. The fourth-order valence-corrected chi connectivity index (χ4v) is 2.81. The fourth-order valence-electron chi connectivity index (χ4n) is 2.81. The number of methoxy groups -OCH3 is 1. The van der Waals surface area contributed by atoms with Crippen molar-refractivity contribution >= 4 is 0 Å². The molecule has 2 heteroatoms. The summed E-state index contributed by atoms with van der Waals surface area (Å²) >= 11 is 0. The molecule has 1 aliphatic heterocycles. The highest BCUT2D eigenvalue weighted by molar-refractivity contribution is 4.76. The second kappa shape index (κ2) is 9.80. The Morgan fingerprint density at radius 2 is 1.72 bits per heavy atom. The van der Waals surface area contributed by atoms with Gasteiger partial charge in [-0.15, -0.1) is 0 Å². The van der Waals surface area contributed by atoms with Crippen molar-refractivity contribution in [1.82, 2.24) is 0 Å². The van der Waals surface area contributed by atoms with Crippen molar-refractivity contribution in [3.63, 3.8) is 0 Å². The molecule has 2 nitrogen and oxygen atoms in total. The molecule has 0 N–H and O–H groups in total. The first kappa shape index (κ1) is 16.0. The van der Waals surface area contributed by atoms with Crippen molar-refractivity contribution in [2.45, 2.75) is 83.8 Å². The van der Waals surface area contributed by atoms with E-state index in [-0.39, 0.29) is 0 Å². The van der Waals surface area contributed by atoms with E-state index >= 15 is 0 Å². The number of hydrogen-bond donors (Lipinski definition) is 0. The highest BCUT2D eigenvalue weighted by Gasteiger charge is 2.27. The van der Waals surface area contributed by atoms with Crippen molar-refractivity contribution < 1.29 is 9.47 Å². The molecule has 0 aromatic rings. The Kier molecular flexibility index (Phi) is 8.70. The van der Waals surface area contributed by atoms with E-state index in [4.69, 9.17) is 9.47 Å². The number of ether oxygens (including phenoxy) is 2. The average molecular weight is 256 g/mol. The SMILES string of the molecule is CCCCCCCCC[C@@H]1C[C@H](OC)[C@@H](C)CO1. The standard InChI is InChI=1S/C16H32O2/c1-4-5-6-7-8-9-10-11-15-12-16(17-3)14(2)13-18-15/h14-16H,4-13H2,1-3H3/t14-,15+,16-/m0/s1. The van der Waals surface area contributed by atoms with Crippen LogP contribution in [0.2, 0.25) is 0 Å². The smallest absolute Gasteiger partial charge is 0.0643 e. The van der Waals surface area contributed by atoms with Crippen LogP contribution in [-0.2, 0) is 9.47 Å². The van der Waals surface area contributed by atoms with Gasteiger partial charge in [-0.2, -0.15) is 0 Å². The van der Waals surface area contributed by atoms with Crippen molar-refractivity contribution in [3.8, 4) is 0 Å². The van der Waals surface area contributed by atoms with Gasteiger partial charge < -0.3 is 9.47 Å². The molecule has 0 unspecified atom stereocenters.